The minimum atomic E-state index is -0.0711. The van der Waals surface area contributed by atoms with Crippen LogP contribution in [-0.2, 0) is 9.59 Å². The molecule has 0 fully saturated rings. The molecule has 0 saturated carbocycles. The van der Waals surface area contributed by atoms with Crippen LogP contribution in [0.3, 0.4) is 0 Å². The lowest BCUT2D eigenvalue weighted by molar-refractivity contribution is -0.862. The highest BCUT2D eigenvalue weighted by Crippen LogP contribution is 2.21. The van der Waals surface area contributed by atoms with Crippen LogP contribution in [0.4, 0.5) is 5.69 Å². The molecule has 0 heterocycles. The summed E-state index contributed by atoms with van der Waals surface area (Å²) in [6.07, 6.45) is 2.08. The van der Waals surface area contributed by atoms with Gasteiger partial charge in [-0.2, -0.15) is 0 Å². The van der Waals surface area contributed by atoms with E-state index in [0.717, 1.165) is 34.6 Å². The Balaban J connectivity index is 2.46. The van der Waals surface area contributed by atoms with Gasteiger partial charge < -0.3 is 15.5 Å². The standard InChI is InChI=1S/C21H35N3O2/c1-14(2)8-9-18(6)22-19(25)12-24(7)13-20(26)23-21-16(4)10-15(3)11-17(21)5/h10-11,14,18H,8-9,12-13H2,1-7H3,(H,22,25)(H,23,26)/p+1/t18-/m0/s1. The zero-order chi connectivity index (χ0) is 19.9. The monoisotopic (exact) mass is 362 g/mol. The van der Waals surface area contributed by atoms with Gasteiger partial charge in [0, 0.05) is 11.7 Å². The van der Waals surface area contributed by atoms with Crippen molar-refractivity contribution in [2.24, 2.45) is 5.92 Å². The summed E-state index contributed by atoms with van der Waals surface area (Å²) in [7, 11) is 1.87. The van der Waals surface area contributed by atoms with Crippen molar-refractivity contribution in [1.82, 2.24) is 5.32 Å². The topological polar surface area (TPSA) is 62.6 Å². The third kappa shape index (κ3) is 8.00. The second kappa shape index (κ2) is 10.3. The largest absolute Gasteiger partial charge is 0.349 e. The maximum Gasteiger partial charge on any atom is 0.279 e. The van der Waals surface area contributed by atoms with Crippen LogP contribution in [0.5, 0.6) is 0 Å². The van der Waals surface area contributed by atoms with E-state index in [2.05, 4.69) is 36.6 Å². The van der Waals surface area contributed by atoms with Gasteiger partial charge in [-0.3, -0.25) is 9.59 Å². The summed E-state index contributed by atoms with van der Waals surface area (Å²) in [5.41, 5.74) is 4.18. The zero-order valence-electron chi connectivity index (χ0n) is 17.5. The lowest BCUT2D eigenvalue weighted by Crippen LogP contribution is -3.11. The average Bonchev–Trinajstić information content (AvgIpc) is 2.48. The van der Waals surface area contributed by atoms with Crippen molar-refractivity contribution in [1.29, 1.82) is 0 Å². The number of likely N-dealkylation sites (N-methyl/N-ethyl adjacent to an activating group) is 1. The first-order valence-corrected chi connectivity index (χ1v) is 9.56. The van der Waals surface area contributed by atoms with Crippen LogP contribution < -0.4 is 15.5 Å². The van der Waals surface area contributed by atoms with Crippen LogP contribution in [0, 0.1) is 26.7 Å². The maximum absolute atomic E-state index is 12.3. The Labute approximate surface area is 158 Å². The van der Waals surface area contributed by atoms with Gasteiger partial charge >= 0.3 is 0 Å². The van der Waals surface area contributed by atoms with Gasteiger partial charge in [0.05, 0.1) is 7.05 Å². The Kier molecular flexibility index (Phi) is 8.79. The van der Waals surface area contributed by atoms with Gasteiger partial charge in [0.2, 0.25) is 0 Å². The van der Waals surface area contributed by atoms with Gasteiger partial charge in [0.25, 0.3) is 11.8 Å². The van der Waals surface area contributed by atoms with Gasteiger partial charge in [-0.1, -0.05) is 31.5 Å². The predicted octanol–water partition coefficient (Wildman–Crippen LogP) is 2.01. The molecule has 1 aromatic rings. The first kappa shape index (κ1) is 22.2. The number of amides is 2. The zero-order valence-corrected chi connectivity index (χ0v) is 17.5. The van der Waals surface area contributed by atoms with E-state index in [1.807, 2.05) is 34.7 Å². The van der Waals surface area contributed by atoms with Crippen molar-refractivity contribution in [3.63, 3.8) is 0 Å². The molecule has 0 radical (unpaired) electrons. The minimum Gasteiger partial charge on any atom is -0.349 e. The normalized spacial score (nSPS) is 13.4. The number of quaternary nitrogens is 1. The molecular weight excluding hydrogens is 326 g/mol. The number of benzene rings is 1. The van der Waals surface area contributed by atoms with Crippen molar-refractivity contribution >= 4 is 17.5 Å². The molecule has 1 rings (SSSR count). The second-order valence-electron chi connectivity index (χ2n) is 8.07. The highest BCUT2D eigenvalue weighted by molar-refractivity contribution is 5.93. The summed E-state index contributed by atoms with van der Waals surface area (Å²) in [6.45, 7) is 13.0. The smallest absolute Gasteiger partial charge is 0.279 e. The van der Waals surface area contributed by atoms with E-state index in [-0.39, 0.29) is 24.4 Å². The van der Waals surface area contributed by atoms with E-state index in [0.29, 0.717) is 12.5 Å². The summed E-state index contributed by atoms with van der Waals surface area (Å²) >= 11 is 0. The molecule has 0 aliphatic rings. The van der Waals surface area contributed by atoms with Crippen LogP contribution >= 0.6 is 0 Å². The van der Waals surface area contributed by atoms with Crippen molar-refractivity contribution < 1.29 is 14.5 Å². The van der Waals surface area contributed by atoms with Gasteiger partial charge in [-0.05, 0) is 57.6 Å². The molecule has 0 aliphatic carbocycles. The summed E-state index contributed by atoms with van der Waals surface area (Å²) in [6, 6.07) is 4.29. The molecule has 0 spiro atoms. The summed E-state index contributed by atoms with van der Waals surface area (Å²) in [5.74, 6) is 0.562. The number of hydrogen-bond acceptors (Lipinski definition) is 2. The third-order valence-corrected chi connectivity index (χ3v) is 4.45. The number of aryl methyl sites for hydroxylation is 3. The molecule has 26 heavy (non-hydrogen) atoms. The van der Waals surface area contributed by atoms with Crippen LogP contribution in [0.1, 0.15) is 50.3 Å². The molecule has 1 aromatic carbocycles. The fourth-order valence-electron chi connectivity index (χ4n) is 3.15. The van der Waals surface area contributed by atoms with E-state index in [9.17, 15) is 9.59 Å². The second-order valence-corrected chi connectivity index (χ2v) is 8.07. The number of hydrogen-bond donors (Lipinski definition) is 3. The fraction of sp³-hybridized carbons (Fsp3) is 0.619. The quantitative estimate of drug-likeness (QED) is 0.629. The molecule has 146 valence electrons. The Bertz CT molecular complexity index is 603. The van der Waals surface area contributed by atoms with Crippen molar-refractivity contribution in [3.05, 3.63) is 28.8 Å². The molecule has 2 atom stereocenters. The van der Waals surface area contributed by atoms with Crippen molar-refractivity contribution in [2.75, 3.05) is 25.5 Å². The predicted molar refractivity (Wildman–Crippen MR) is 108 cm³/mol. The van der Waals surface area contributed by atoms with Crippen LogP contribution in [0.25, 0.3) is 0 Å². The first-order chi connectivity index (χ1) is 12.1. The molecular formula is C21H36N3O2+. The Morgan fingerprint density at radius 1 is 0.962 bits per heavy atom. The third-order valence-electron chi connectivity index (χ3n) is 4.45. The van der Waals surface area contributed by atoms with Crippen molar-refractivity contribution in [3.8, 4) is 0 Å². The Morgan fingerprint density at radius 3 is 2.04 bits per heavy atom. The van der Waals surface area contributed by atoms with Crippen molar-refractivity contribution in [2.45, 2.75) is 60.4 Å². The molecule has 1 unspecified atom stereocenters. The Morgan fingerprint density at radius 2 is 1.50 bits per heavy atom. The highest BCUT2D eigenvalue weighted by atomic mass is 16.2. The number of carbonyl (C=O) groups excluding carboxylic acids is 2. The molecule has 3 N–H and O–H groups in total. The summed E-state index contributed by atoms with van der Waals surface area (Å²) < 4.78 is 0. The van der Waals surface area contributed by atoms with Gasteiger partial charge in [0.15, 0.2) is 13.1 Å². The van der Waals surface area contributed by atoms with Crippen LogP contribution in [0.15, 0.2) is 12.1 Å². The van der Waals surface area contributed by atoms with E-state index >= 15 is 0 Å². The molecule has 2 amide bonds. The molecule has 5 nitrogen and oxygen atoms in total. The number of rotatable bonds is 9. The molecule has 0 aromatic heterocycles. The van der Waals surface area contributed by atoms with Gasteiger partial charge in [-0.25, -0.2) is 0 Å². The lowest BCUT2D eigenvalue weighted by Gasteiger charge is -2.18. The lowest BCUT2D eigenvalue weighted by atomic mass is 10.0. The minimum absolute atomic E-state index is 0.00532. The van der Waals surface area contributed by atoms with Crippen LogP contribution in [0.2, 0.25) is 0 Å². The average molecular weight is 363 g/mol. The van der Waals surface area contributed by atoms with Gasteiger partial charge in [-0.15, -0.1) is 0 Å². The SMILES string of the molecule is Cc1cc(C)c(NC(=O)C[NH+](C)CC(=O)N[C@@H](C)CCC(C)C)c(C)c1. The van der Waals surface area contributed by atoms with E-state index in [1.165, 1.54) is 5.56 Å². The Hall–Kier alpha value is -1.88. The summed E-state index contributed by atoms with van der Waals surface area (Å²) in [4.78, 5) is 25.3. The molecule has 5 heteroatoms. The summed E-state index contributed by atoms with van der Waals surface area (Å²) in [5, 5.41) is 6.01. The first-order valence-electron chi connectivity index (χ1n) is 9.56. The fourth-order valence-corrected chi connectivity index (χ4v) is 3.15. The molecule has 0 bridgehead atoms. The van der Waals surface area contributed by atoms with Gasteiger partial charge in [0.1, 0.15) is 0 Å². The van der Waals surface area contributed by atoms with E-state index in [1.54, 1.807) is 0 Å². The number of carbonyl (C=O) groups is 2. The number of nitrogens with one attached hydrogen (secondary N) is 3. The molecule has 0 aliphatic heterocycles. The number of anilines is 1. The maximum atomic E-state index is 12.3. The van der Waals surface area contributed by atoms with E-state index < -0.39 is 0 Å². The van der Waals surface area contributed by atoms with Crippen LogP contribution in [-0.4, -0.2) is 38.0 Å². The van der Waals surface area contributed by atoms with E-state index in [4.69, 9.17) is 0 Å². The molecule has 0 saturated heterocycles. The highest BCUT2D eigenvalue weighted by Gasteiger charge is 2.17.